The Bertz CT molecular complexity index is 322. The molecule has 17 heavy (non-hydrogen) atoms. The Morgan fingerprint density at radius 1 is 1.35 bits per heavy atom. The highest BCUT2D eigenvalue weighted by atomic mass is 16.5. The van der Waals surface area contributed by atoms with Gasteiger partial charge in [0.1, 0.15) is 5.82 Å². The zero-order valence-corrected chi connectivity index (χ0v) is 10.3. The molecule has 2 rings (SSSR count). The highest BCUT2D eigenvalue weighted by Crippen LogP contribution is 2.08. The average molecular weight is 236 g/mol. The molecular weight excluding hydrogens is 216 g/mol. The molecule has 1 fully saturated rings. The van der Waals surface area contributed by atoms with Gasteiger partial charge in [-0.2, -0.15) is 0 Å². The van der Waals surface area contributed by atoms with Crippen LogP contribution in [0.1, 0.15) is 0 Å². The lowest BCUT2D eigenvalue weighted by Gasteiger charge is -2.26. The minimum absolute atomic E-state index is 0.856. The van der Waals surface area contributed by atoms with Crippen LogP contribution >= 0.6 is 0 Å². The van der Waals surface area contributed by atoms with Crippen molar-refractivity contribution in [3.8, 4) is 0 Å². The molecular formula is C12H20N4O. The molecule has 5 nitrogen and oxygen atoms in total. The van der Waals surface area contributed by atoms with Crippen LogP contribution in [0.25, 0.3) is 0 Å². The zero-order chi connectivity index (χ0) is 11.9. The number of anilines is 2. The van der Waals surface area contributed by atoms with Crippen LogP contribution in [0.2, 0.25) is 0 Å². The summed E-state index contributed by atoms with van der Waals surface area (Å²) in [6, 6.07) is 4.01. The van der Waals surface area contributed by atoms with E-state index in [4.69, 9.17) is 4.74 Å². The molecule has 0 atom stereocenters. The second-order valence-electron chi connectivity index (χ2n) is 4.06. The first kappa shape index (κ1) is 12.1. The molecule has 2 N–H and O–H groups in total. The highest BCUT2D eigenvalue weighted by Gasteiger charge is 2.08. The van der Waals surface area contributed by atoms with Crippen molar-refractivity contribution >= 4 is 11.5 Å². The summed E-state index contributed by atoms with van der Waals surface area (Å²) >= 11 is 0. The van der Waals surface area contributed by atoms with Crippen molar-refractivity contribution in [2.75, 3.05) is 57.1 Å². The van der Waals surface area contributed by atoms with Gasteiger partial charge in [0.25, 0.3) is 0 Å². The van der Waals surface area contributed by atoms with E-state index in [-0.39, 0.29) is 0 Å². The predicted octanol–water partition coefficient (Wildman–Crippen LogP) is 0.867. The summed E-state index contributed by atoms with van der Waals surface area (Å²) < 4.78 is 5.31. The number of aromatic nitrogens is 1. The molecule has 0 saturated carbocycles. The van der Waals surface area contributed by atoms with E-state index in [9.17, 15) is 0 Å². The molecule has 0 amide bonds. The predicted molar refractivity (Wildman–Crippen MR) is 69.5 cm³/mol. The molecule has 94 valence electrons. The van der Waals surface area contributed by atoms with Gasteiger partial charge in [0, 0.05) is 33.2 Å². The Kier molecular flexibility index (Phi) is 4.58. The van der Waals surface area contributed by atoms with E-state index in [0.29, 0.717) is 0 Å². The van der Waals surface area contributed by atoms with Gasteiger partial charge in [0.15, 0.2) is 0 Å². The fourth-order valence-corrected chi connectivity index (χ4v) is 1.81. The molecule has 0 radical (unpaired) electrons. The number of morpholine rings is 1. The Labute approximate surface area is 102 Å². The van der Waals surface area contributed by atoms with Crippen LogP contribution in [0.5, 0.6) is 0 Å². The summed E-state index contributed by atoms with van der Waals surface area (Å²) in [5.41, 5.74) is 1.03. The number of nitrogens with zero attached hydrogens (tertiary/aromatic N) is 2. The summed E-state index contributed by atoms with van der Waals surface area (Å²) in [7, 11) is 1.89. The summed E-state index contributed by atoms with van der Waals surface area (Å²) in [6.07, 6.45) is 1.83. The molecule has 0 unspecified atom stereocenters. The summed E-state index contributed by atoms with van der Waals surface area (Å²) in [5, 5.41) is 6.37. The summed E-state index contributed by atoms with van der Waals surface area (Å²) in [6.45, 7) is 5.75. The van der Waals surface area contributed by atoms with E-state index in [1.54, 1.807) is 0 Å². The second-order valence-corrected chi connectivity index (χ2v) is 4.06. The summed E-state index contributed by atoms with van der Waals surface area (Å²) in [4.78, 5) is 6.72. The molecule has 1 aliphatic rings. The highest BCUT2D eigenvalue weighted by molar-refractivity contribution is 5.46. The molecule has 0 spiro atoms. The average Bonchev–Trinajstić information content (AvgIpc) is 2.41. The fourth-order valence-electron chi connectivity index (χ4n) is 1.81. The molecule has 1 aromatic rings. The van der Waals surface area contributed by atoms with Crippen molar-refractivity contribution in [2.45, 2.75) is 0 Å². The largest absolute Gasteiger partial charge is 0.387 e. The number of ether oxygens (including phenoxy) is 1. The van der Waals surface area contributed by atoms with Gasteiger partial charge in [-0.1, -0.05) is 0 Å². The van der Waals surface area contributed by atoms with Crippen LogP contribution < -0.4 is 10.6 Å². The van der Waals surface area contributed by atoms with Crippen LogP contribution in [0.15, 0.2) is 18.3 Å². The van der Waals surface area contributed by atoms with E-state index in [1.165, 1.54) is 0 Å². The van der Waals surface area contributed by atoms with Gasteiger partial charge < -0.3 is 15.4 Å². The smallest absolute Gasteiger partial charge is 0.126 e. The monoisotopic (exact) mass is 236 g/mol. The number of nitrogens with one attached hydrogen (secondary N) is 2. The van der Waals surface area contributed by atoms with Gasteiger partial charge in [-0.3, -0.25) is 4.90 Å². The van der Waals surface area contributed by atoms with Crippen LogP contribution in [-0.4, -0.2) is 56.3 Å². The van der Waals surface area contributed by atoms with Crippen LogP contribution in [0.4, 0.5) is 11.5 Å². The second kappa shape index (κ2) is 6.42. The quantitative estimate of drug-likeness (QED) is 0.794. The normalized spacial score (nSPS) is 16.8. The zero-order valence-electron chi connectivity index (χ0n) is 10.3. The van der Waals surface area contributed by atoms with Crippen LogP contribution in [-0.2, 0) is 4.74 Å². The van der Waals surface area contributed by atoms with Crippen molar-refractivity contribution in [3.63, 3.8) is 0 Å². The maximum Gasteiger partial charge on any atom is 0.126 e. The Balaban J connectivity index is 1.69. The Morgan fingerprint density at radius 2 is 2.18 bits per heavy atom. The lowest BCUT2D eigenvalue weighted by molar-refractivity contribution is 0.0398. The van der Waals surface area contributed by atoms with Crippen molar-refractivity contribution in [3.05, 3.63) is 18.3 Å². The lowest BCUT2D eigenvalue weighted by Crippen LogP contribution is -2.39. The minimum Gasteiger partial charge on any atom is -0.387 e. The topological polar surface area (TPSA) is 49.4 Å². The van der Waals surface area contributed by atoms with E-state index in [2.05, 4.69) is 20.5 Å². The lowest BCUT2D eigenvalue weighted by atomic mass is 10.4. The van der Waals surface area contributed by atoms with E-state index < -0.39 is 0 Å². The minimum atomic E-state index is 0.856. The van der Waals surface area contributed by atoms with E-state index >= 15 is 0 Å². The number of hydrogen-bond donors (Lipinski definition) is 2. The van der Waals surface area contributed by atoms with Gasteiger partial charge in [-0.05, 0) is 12.1 Å². The Hall–Kier alpha value is -1.33. The molecule has 1 saturated heterocycles. The van der Waals surface area contributed by atoms with Crippen LogP contribution in [0.3, 0.4) is 0 Å². The molecule has 2 heterocycles. The maximum absolute atomic E-state index is 5.31. The molecule has 0 bridgehead atoms. The standard InChI is InChI=1S/C12H20N4O/c1-13-11-2-3-12(15-10-11)14-4-5-16-6-8-17-9-7-16/h2-3,10,13H,4-9H2,1H3,(H,14,15). The van der Waals surface area contributed by atoms with Crippen molar-refractivity contribution in [2.24, 2.45) is 0 Å². The van der Waals surface area contributed by atoms with Gasteiger partial charge in [0.05, 0.1) is 25.1 Å². The fraction of sp³-hybridized carbons (Fsp3) is 0.583. The van der Waals surface area contributed by atoms with Crippen molar-refractivity contribution < 1.29 is 4.74 Å². The summed E-state index contributed by atoms with van der Waals surface area (Å²) in [5.74, 6) is 0.928. The maximum atomic E-state index is 5.31. The first-order valence-corrected chi connectivity index (χ1v) is 6.06. The molecule has 0 aliphatic carbocycles. The van der Waals surface area contributed by atoms with E-state index in [1.807, 2.05) is 25.4 Å². The third-order valence-electron chi connectivity index (χ3n) is 2.89. The third kappa shape index (κ3) is 3.87. The van der Waals surface area contributed by atoms with Gasteiger partial charge in [-0.25, -0.2) is 4.98 Å². The number of rotatable bonds is 5. The number of pyridine rings is 1. The molecule has 5 heteroatoms. The van der Waals surface area contributed by atoms with Gasteiger partial charge in [0.2, 0.25) is 0 Å². The molecule has 1 aliphatic heterocycles. The van der Waals surface area contributed by atoms with Crippen molar-refractivity contribution in [1.82, 2.24) is 9.88 Å². The number of hydrogen-bond acceptors (Lipinski definition) is 5. The first-order valence-electron chi connectivity index (χ1n) is 6.06. The molecule has 0 aromatic carbocycles. The van der Waals surface area contributed by atoms with Gasteiger partial charge >= 0.3 is 0 Å². The van der Waals surface area contributed by atoms with Gasteiger partial charge in [-0.15, -0.1) is 0 Å². The van der Waals surface area contributed by atoms with E-state index in [0.717, 1.165) is 50.9 Å². The van der Waals surface area contributed by atoms with Crippen LogP contribution in [0, 0.1) is 0 Å². The first-order chi connectivity index (χ1) is 8.38. The third-order valence-corrected chi connectivity index (χ3v) is 2.89. The molecule has 1 aromatic heterocycles. The Morgan fingerprint density at radius 3 is 2.82 bits per heavy atom. The van der Waals surface area contributed by atoms with Crippen molar-refractivity contribution in [1.29, 1.82) is 0 Å². The SMILES string of the molecule is CNc1ccc(NCCN2CCOCC2)nc1.